The van der Waals surface area contributed by atoms with Crippen molar-refractivity contribution < 1.29 is 9.13 Å². The Hall–Kier alpha value is -3.11. The Morgan fingerprint density at radius 1 is 0.941 bits per heavy atom. The highest BCUT2D eigenvalue weighted by atomic mass is 19.1. The van der Waals surface area contributed by atoms with Gasteiger partial charge in [0.2, 0.25) is 0 Å². The van der Waals surface area contributed by atoms with Crippen molar-refractivity contribution in [1.29, 1.82) is 0 Å². The Morgan fingerprint density at radius 2 is 1.76 bits per heavy atom. The minimum absolute atomic E-state index is 0.172. The maximum absolute atomic E-state index is 12.5. The number of anilines is 1. The van der Waals surface area contributed by atoms with Gasteiger partial charge in [-0.2, -0.15) is 0 Å². The second-order valence-electron chi connectivity index (χ2n) is 9.39. The second-order valence-corrected chi connectivity index (χ2v) is 9.39. The third-order valence-electron chi connectivity index (χ3n) is 6.98. The number of alkyl halides is 1. The summed E-state index contributed by atoms with van der Waals surface area (Å²) in [7, 11) is 0. The van der Waals surface area contributed by atoms with Gasteiger partial charge in [0.15, 0.2) is 0 Å². The summed E-state index contributed by atoms with van der Waals surface area (Å²) in [6.07, 6.45) is 4.93. The fourth-order valence-corrected chi connectivity index (χ4v) is 5.34. The van der Waals surface area contributed by atoms with E-state index < -0.39 is 0 Å². The van der Waals surface area contributed by atoms with E-state index in [0.29, 0.717) is 6.42 Å². The van der Waals surface area contributed by atoms with Crippen LogP contribution in [0.1, 0.15) is 47.9 Å². The van der Waals surface area contributed by atoms with Crippen molar-refractivity contribution in [1.82, 2.24) is 4.90 Å². The number of allylic oxidation sites excluding steroid dienone is 1. The Balaban J connectivity index is 1.45. The van der Waals surface area contributed by atoms with Gasteiger partial charge in [0.1, 0.15) is 11.9 Å². The molecule has 1 unspecified atom stereocenters. The van der Waals surface area contributed by atoms with Gasteiger partial charge < -0.3 is 10.5 Å². The van der Waals surface area contributed by atoms with E-state index >= 15 is 0 Å². The van der Waals surface area contributed by atoms with Crippen LogP contribution in [0.4, 0.5) is 10.1 Å². The van der Waals surface area contributed by atoms with Gasteiger partial charge in [-0.15, -0.1) is 0 Å². The van der Waals surface area contributed by atoms with E-state index in [1.165, 1.54) is 33.4 Å². The van der Waals surface area contributed by atoms with Crippen LogP contribution in [0.25, 0.3) is 11.1 Å². The van der Waals surface area contributed by atoms with Crippen LogP contribution in [0, 0.1) is 0 Å². The maximum atomic E-state index is 12.5. The SMILES string of the molecule is Nc1ccc2c(c1)CCCC(c1ccccc1)=C2c1ccc(OC2CCN(CCCF)C2)cc1. The summed E-state index contributed by atoms with van der Waals surface area (Å²) < 4.78 is 18.8. The second kappa shape index (κ2) is 10.4. The van der Waals surface area contributed by atoms with Crippen molar-refractivity contribution in [2.75, 3.05) is 32.0 Å². The van der Waals surface area contributed by atoms with Crippen LogP contribution >= 0.6 is 0 Å². The molecule has 4 heteroatoms. The van der Waals surface area contributed by atoms with Gasteiger partial charge in [0.05, 0.1) is 6.67 Å². The molecule has 1 fully saturated rings. The molecule has 0 radical (unpaired) electrons. The molecule has 1 atom stereocenters. The summed E-state index contributed by atoms with van der Waals surface area (Å²) in [5.41, 5.74) is 14.7. The standard InChI is InChI=1S/C30H33FN2O/c31-17-5-18-33-19-16-27(21-33)34-26-13-10-23(11-14-26)30-28(22-6-2-1-3-7-22)9-4-8-24-20-25(32)12-15-29(24)30/h1-3,6-7,10-15,20,27H,4-5,8-9,16-19,21,32H2. The number of rotatable bonds is 7. The van der Waals surface area contributed by atoms with E-state index in [1.54, 1.807) is 0 Å². The molecule has 1 saturated heterocycles. The number of benzene rings is 3. The molecule has 5 rings (SSSR count). The van der Waals surface area contributed by atoms with Crippen LogP contribution in [0.15, 0.2) is 72.8 Å². The van der Waals surface area contributed by atoms with E-state index in [9.17, 15) is 4.39 Å². The highest BCUT2D eigenvalue weighted by Gasteiger charge is 2.24. The molecule has 0 bridgehead atoms. The largest absolute Gasteiger partial charge is 0.489 e. The third-order valence-corrected chi connectivity index (χ3v) is 6.98. The molecule has 2 aliphatic rings. The molecule has 0 amide bonds. The molecule has 3 aromatic rings. The molecular formula is C30H33FN2O. The van der Waals surface area contributed by atoms with Crippen molar-refractivity contribution in [3.05, 3.63) is 95.1 Å². The van der Waals surface area contributed by atoms with Crippen molar-refractivity contribution in [2.45, 2.75) is 38.2 Å². The Kier molecular flexibility index (Phi) is 6.96. The number of nitrogen functional groups attached to an aromatic ring is 1. The van der Waals surface area contributed by atoms with E-state index in [0.717, 1.165) is 56.8 Å². The Labute approximate surface area is 202 Å². The third kappa shape index (κ3) is 5.02. The highest BCUT2D eigenvalue weighted by molar-refractivity contribution is 6.00. The maximum Gasteiger partial charge on any atom is 0.119 e. The summed E-state index contributed by atoms with van der Waals surface area (Å²) in [5.74, 6) is 0.897. The van der Waals surface area contributed by atoms with E-state index in [2.05, 4.69) is 71.6 Å². The molecule has 3 aromatic carbocycles. The number of nitrogens with zero attached hydrogens (tertiary/aromatic N) is 1. The lowest BCUT2D eigenvalue weighted by molar-refractivity contribution is 0.198. The summed E-state index contributed by atoms with van der Waals surface area (Å²) in [6, 6.07) is 25.6. The number of nitrogens with two attached hydrogens (primary N) is 1. The average Bonchev–Trinajstić information content (AvgIpc) is 3.22. The minimum Gasteiger partial charge on any atom is -0.489 e. The lowest BCUT2D eigenvalue weighted by atomic mass is 9.88. The molecule has 1 aliphatic heterocycles. The van der Waals surface area contributed by atoms with Crippen LogP contribution in [0.2, 0.25) is 0 Å². The summed E-state index contributed by atoms with van der Waals surface area (Å²) in [5, 5.41) is 0. The zero-order chi connectivity index (χ0) is 23.3. The summed E-state index contributed by atoms with van der Waals surface area (Å²) >= 11 is 0. The van der Waals surface area contributed by atoms with Gasteiger partial charge in [0, 0.05) is 25.3 Å². The van der Waals surface area contributed by atoms with Crippen molar-refractivity contribution in [3.63, 3.8) is 0 Å². The number of hydrogen-bond acceptors (Lipinski definition) is 3. The zero-order valence-corrected chi connectivity index (χ0v) is 19.7. The normalized spacial score (nSPS) is 18.6. The van der Waals surface area contributed by atoms with Gasteiger partial charge in [-0.05, 0) is 89.8 Å². The fourth-order valence-electron chi connectivity index (χ4n) is 5.34. The smallest absolute Gasteiger partial charge is 0.119 e. The number of aryl methyl sites for hydroxylation is 1. The molecule has 176 valence electrons. The molecule has 1 aliphatic carbocycles. The van der Waals surface area contributed by atoms with Gasteiger partial charge in [0.25, 0.3) is 0 Å². The van der Waals surface area contributed by atoms with Crippen molar-refractivity contribution >= 4 is 16.8 Å². The first-order chi connectivity index (χ1) is 16.7. The van der Waals surface area contributed by atoms with Crippen molar-refractivity contribution in [2.24, 2.45) is 0 Å². The lowest BCUT2D eigenvalue weighted by Gasteiger charge is -2.18. The predicted molar refractivity (Wildman–Crippen MR) is 139 cm³/mol. The van der Waals surface area contributed by atoms with E-state index in [-0.39, 0.29) is 12.8 Å². The average molecular weight is 457 g/mol. The minimum atomic E-state index is -0.250. The first-order valence-corrected chi connectivity index (χ1v) is 12.4. The monoisotopic (exact) mass is 456 g/mol. The van der Waals surface area contributed by atoms with Crippen LogP contribution in [-0.4, -0.2) is 37.3 Å². The number of hydrogen-bond donors (Lipinski definition) is 1. The number of likely N-dealkylation sites (tertiary alicyclic amines) is 1. The predicted octanol–water partition coefficient (Wildman–Crippen LogP) is 6.38. The molecule has 0 spiro atoms. The molecule has 34 heavy (non-hydrogen) atoms. The van der Waals surface area contributed by atoms with Crippen LogP contribution in [-0.2, 0) is 6.42 Å². The lowest BCUT2D eigenvalue weighted by Crippen LogP contribution is -2.26. The summed E-state index contributed by atoms with van der Waals surface area (Å²) in [4.78, 5) is 2.30. The van der Waals surface area contributed by atoms with E-state index in [4.69, 9.17) is 10.5 Å². The Bertz CT molecular complexity index is 1140. The highest BCUT2D eigenvalue weighted by Crippen LogP contribution is 2.40. The summed E-state index contributed by atoms with van der Waals surface area (Å²) in [6.45, 7) is 2.42. The van der Waals surface area contributed by atoms with Crippen LogP contribution in [0.5, 0.6) is 5.75 Å². The fraction of sp³-hybridized carbons (Fsp3) is 0.333. The van der Waals surface area contributed by atoms with Gasteiger partial charge in [-0.25, -0.2) is 0 Å². The van der Waals surface area contributed by atoms with Crippen LogP contribution in [0.3, 0.4) is 0 Å². The Morgan fingerprint density at radius 3 is 2.56 bits per heavy atom. The zero-order valence-electron chi connectivity index (χ0n) is 19.7. The van der Waals surface area contributed by atoms with E-state index in [1.807, 2.05) is 6.07 Å². The van der Waals surface area contributed by atoms with Gasteiger partial charge in [-0.3, -0.25) is 9.29 Å². The van der Waals surface area contributed by atoms with Crippen LogP contribution < -0.4 is 10.5 Å². The number of ether oxygens (including phenoxy) is 1. The van der Waals surface area contributed by atoms with Gasteiger partial charge in [-0.1, -0.05) is 48.5 Å². The molecule has 0 saturated carbocycles. The quantitative estimate of drug-likeness (QED) is 0.420. The molecule has 0 aromatic heterocycles. The molecule has 3 nitrogen and oxygen atoms in total. The number of halogens is 1. The number of fused-ring (bicyclic) bond motifs is 1. The molecule has 2 N–H and O–H groups in total. The first-order valence-electron chi connectivity index (χ1n) is 12.4. The molecule has 1 heterocycles. The van der Waals surface area contributed by atoms with Gasteiger partial charge >= 0.3 is 0 Å². The first kappa shape index (κ1) is 22.7. The molecular weight excluding hydrogens is 423 g/mol. The van der Waals surface area contributed by atoms with Crippen molar-refractivity contribution in [3.8, 4) is 5.75 Å². The topological polar surface area (TPSA) is 38.5 Å².